The smallest absolute Gasteiger partial charge is 0.161 e. The zero-order chi connectivity index (χ0) is 13.1. The third-order valence-electron chi connectivity index (χ3n) is 4.01. The van der Waals surface area contributed by atoms with E-state index in [4.69, 9.17) is 9.47 Å². The van der Waals surface area contributed by atoms with Crippen LogP contribution in [0.3, 0.4) is 0 Å². The van der Waals surface area contributed by atoms with Gasteiger partial charge in [0.2, 0.25) is 0 Å². The number of aromatic hydroxyl groups is 1. The van der Waals surface area contributed by atoms with Crippen LogP contribution in [0.5, 0.6) is 11.5 Å². The van der Waals surface area contributed by atoms with E-state index in [1.807, 2.05) is 30.0 Å². The largest absolute Gasteiger partial charge is 0.504 e. The van der Waals surface area contributed by atoms with Crippen LogP contribution in [0.25, 0.3) is 0 Å². The molecule has 2 fully saturated rings. The van der Waals surface area contributed by atoms with Crippen molar-refractivity contribution in [1.82, 2.24) is 0 Å². The monoisotopic (exact) mass is 280 g/mol. The predicted molar refractivity (Wildman–Crippen MR) is 77.0 cm³/mol. The molecule has 2 aliphatic rings. The van der Waals surface area contributed by atoms with Gasteiger partial charge in [-0.05, 0) is 36.5 Å². The number of para-hydroxylation sites is 2. The van der Waals surface area contributed by atoms with Crippen LogP contribution in [0, 0.1) is 0 Å². The van der Waals surface area contributed by atoms with Crippen molar-refractivity contribution in [2.45, 2.75) is 37.4 Å². The van der Waals surface area contributed by atoms with Crippen molar-refractivity contribution in [1.29, 1.82) is 0 Å². The maximum atomic E-state index is 9.78. The number of phenols is 1. The van der Waals surface area contributed by atoms with Gasteiger partial charge in [-0.25, -0.2) is 0 Å². The Morgan fingerprint density at radius 2 is 2.05 bits per heavy atom. The average molecular weight is 280 g/mol. The first kappa shape index (κ1) is 13.1. The fraction of sp³-hybridized carbons (Fsp3) is 0.600. The lowest BCUT2D eigenvalue weighted by Crippen LogP contribution is -2.46. The molecule has 2 saturated heterocycles. The minimum Gasteiger partial charge on any atom is -0.504 e. The summed E-state index contributed by atoms with van der Waals surface area (Å²) in [4.78, 5) is 0. The Hall–Kier alpha value is -0.870. The molecule has 4 heteroatoms. The number of rotatable bonds is 2. The van der Waals surface area contributed by atoms with Crippen molar-refractivity contribution >= 4 is 11.8 Å². The summed E-state index contributed by atoms with van der Waals surface area (Å²) in [6.07, 6.45) is 4.26. The van der Waals surface area contributed by atoms with Crippen molar-refractivity contribution in [3.8, 4) is 11.5 Å². The molecule has 0 amide bonds. The molecule has 2 aliphatic heterocycles. The van der Waals surface area contributed by atoms with Gasteiger partial charge >= 0.3 is 0 Å². The van der Waals surface area contributed by atoms with Gasteiger partial charge in [0.15, 0.2) is 11.5 Å². The van der Waals surface area contributed by atoms with Gasteiger partial charge in [-0.2, -0.15) is 11.8 Å². The molecule has 1 atom stereocenters. The van der Waals surface area contributed by atoms with Crippen LogP contribution in [-0.4, -0.2) is 34.9 Å². The molecule has 1 aromatic rings. The highest BCUT2D eigenvalue weighted by molar-refractivity contribution is 7.99. The van der Waals surface area contributed by atoms with E-state index < -0.39 is 0 Å². The van der Waals surface area contributed by atoms with Gasteiger partial charge in [0.1, 0.15) is 6.10 Å². The van der Waals surface area contributed by atoms with Crippen LogP contribution in [0.2, 0.25) is 0 Å². The summed E-state index contributed by atoms with van der Waals surface area (Å²) in [5.41, 5.74) is 0.0264. The minimum absolute atomic E-state index is 0.0264. The van der Waals surface area contributed by atoms with E-state index in [-0.39, 0.29) is 17.5 Å². The first-order valence-electron chi connectivity index (χ1n) is 6.94. The second-order valence-corrected chi connectivity index (χ2v) is 6.57. The lowest BCUT2D eigenvalue weighted by atomic mass is 9.86. The van der Waals surface area contributed by atoms with Crippen molar-refractivity contribution in [3.63, 3.8) is 0 Å². The Bertz CT molecular complexity index is 424. The second-order valence-electron chi connectivity index (χ2n) is 5.34. The molecule has 0 saturated carbocycles. The number of hydrogen-bond acceptors (Lipinski definition) is 4. The van der Waals surface area contributed by atoms with Gasteiger partial charge in [0.25, 0.3) is 0 Å². The summed E-state index contributed by atoms with van der Waals surface area (Å²) < 4.78 is 12.0. The zero-order valence-corrected chi connectivity index (χ0v) is 11.8. The molecule has 1 N–H and O–H groups in total. The normalized spacial score (nSPS) is 26.2. The van der Waals surface area contributed by atoms with Crippen LogP contribution in [0.4, 0.5) is 0 Å². The minimum atomic E-state index is 0.0264. The van der Waals surface area contributed by atoms with Gasteiger partial charge < -0.3 is 14.6 Å². The van der Waals surface area contributed by atoms with Gasteiger partial charge in [-0.1, -0.05) is 12.1 Å². The Morgan fingerprint density at radius 1 is 1.26 bits per heavy atom. The molecule has 1 spiro atoms. The predicted octanol–water partition coefficient (Wildman–Crippen LogP) is 3.22. The molecular weight excluding hydrogens is 260 g/mol. The molecule has 0 aliphatic carbocycles. The Kier molecular flexibility index (Phi) is 3.89. The number of phenolic OH excluding ortho intramolecular Hbond substituents is 1. The fourth-order valence-corrected chi connectivity index (χ4v) is 4.15. The van der Waals surface area contributed by atoms with Gasteiger partial charge in [0, 0.05) is 12.8 Å². The summed E-state index contributed by atoms with van der Waals surface area (Å²) in [6, 6.07) is 7.20. The van der Waals surface area contributed by atoms with Crippen molar-refractivity contribution in [2.75, 3.05) is 18.1 Å². The van der Waals surface area contributed by atoms with Crippen molar-refractivity contribution in [2.24, 2.45) is 0 Å². The van der Waals surface area contributed by atoms with Crippen molar-refractivity contribution in [3.05, 3.63) is 24.3 Å². The molecule has 0 radical (unpaired) electrons. The highest BCUT2D eigenvalue weighted by Gasteiger charge is 2.39. The van der Waals surface area contributed by atoms with E-state index in [1.54, 1.807) is 6.07 Å². The number of hydrogen-bond donors (Lipinski definition) is 1. The van der Waals surface area contributed by atoms with E-state index in [9.17, 15) is 5.11 Å². The van der Waals surface area contributed by atoms with E-state index in [1.165, 1.54) is 11.5 Å². The first-order chi connectivity index (χ1) is 9.27. The SMILES string of the molecule is Oc1ccccc1OC1CCOC2(CCSCC2)C1. The Morgan fingerprint density at radius 3 is 2.84 bits per heavy atom. The van der Waals surface area contributed by atoms with Gasteiger partial charge in [0.05, 0.1) is 12.2 Å². The molecule has 3 rings (SSSR count). The zero-order valence-electron chi connectivity index (χ0n) is 11.0. The molecule has 2 heterocycles. The molecule has 1 aromatic carbocycles. The van der Waals surface area contributed by atoms with Crippen LogP contribution in [0.15, 0.2) is 24.3 Å². The summed E-state index contributed by atoms with van der Waals surface area (Å²) >= 11 is 2.01. The number of thioether (sulfide) groups is 1. The highest BCUT2D eigenvalue weighted by Crippen LogP contribution is 2.39. The van der Waals surface area contributed by atoms with Crippen molar-refractivity contribution < 1.29 is 14.6 Å². The summed E-state index contributed by atoms with van der Waals surface area (Å²) in [7, 11) is 0. The standard InChI is InChI=1S/C15H20O3S/c16-13-3-1-2-4-14(13)18-12-5-8-17-15(11-12)6-9-19-10-7-15/h1-4,12,16H,5-11H2. The fourth-order valence-electron chi connectivity index (χ4n) is 2.91. The van der Waals surface area contributed by atoms with Gasteiger partial charge in [-0.15, -0.1) is 0 Å². The summed E-state index contributed by atoms with van der Waals surface area (Å²) in [5, 5.41) is 9.78. The molecule has 0 bridgehead atoms. The molecule has 0 aromatic heterocycles. The van der Waals surface area contributed by atoms with Gasteiger partial charge in [-0.3, -0.25) is 0 Å². The summed E-state index contributed by atoms with van der Waals surface area (Å²) in [6.45, 7) is 0.767. The first-order valence-corrected chi connectivity index (χ1v) is 8.09. The maximum absolute atomic E-state index is 9.78. The van der Waals surface area contributed by atoms with E-state index in [0.29, 0.717) is 5.75 Å². The van der Waals surface area contributed by atoms with E-state index in [2.05, 4.69) is 0 Å². The average Bonchev–Trinajstić information content (AvgIpc) is 2.42. The number of ether oxygens (including phenoxy) is 2. The molecule has 19 heavy (non-hydrogen) atoms. The molecular formula is C15H20O3S. The van der Waals surface area contributed by atoms with Crippen LogP contribution in [-0.2, 0) is 4.74 Å². The third-order valence-corrected chi connectivity index (χ3v) is 5.00. The molecule has 1 unspecified atom stereocenters. The molecule has 104 valence electrons. The second kappa shape index (κ2) is 5.63. The Balaban J connectivity index is 1.67. The quantitative estimate of drug-likeness (QED) is 0.903. The maximum Gasteiger partial charge on any atom is 0.161 e. The van der Waals surface area contributed by atoms with Crippen LogP contribution < -0.4 is 4.74 Å². The van der Waals surface area contributed by atoms with E-state index >= 15 is 0 Å². The van der Waals surface area contributed by atoms with Crippen LogP contribution in [0.1, 0.15) is 25.7 Å². The van der Waals surface area contributed by atoms with E-state index in [0.717, 1.165) is 32.3 Å². The topological polar surface area (TPSA) is 38.7 Å². The number of benzene rings is 1. The lowest BCUT2D eigenvalue weighted by Gasteiger charge is -2.43. The molecule has 3 nitrogen and oxygen atoms in total. The van der Waals surface area contributed by atoms with Crippen LogP contribution >= 0.6 is 11.8 Å². The third kappa shape index (κ3) is 3.00. The lowest BCUT2D eigenvalue weighted by molar-refractivity contribution is -0.116. The summed E-state index contributed by atoms with van der Waals surface area (Å²) in [5.74, 6) is 3.18. The highest BCUT2D eigenvalue weighted by atomic mass is 32.2. The Labute approximate surface area is 118 Å².